The molecule has 1 aromatic carbocycles. The smallest absolute Gasteiger partial charge is 0.292 e. The van der Waals surface area contributed by atoms with Gasteiger partial charge in [-0.25, -0.2) is 4.98 Å². The number of nitrogens with two attached hydrogens (primary N) is 2. The lowest BCUT2D eigenvalue weighted by atomic mass is 9.98. The fourth-order valence-electron chi connectivity index (χ4n) is 2.04. The van der Waals surface area contributed by atoms with Crippen LogP contribution in [0.1, 0.15) is 18.0 Å². The lowest BCUT2D eigenvalue weighted by molar-refractivity contribution is -0.385. The second-order valence-electron chi connectivity index (χ2n) is 4.16. The predicted octanol–water partition coefficient (Wildman–Crippen LogP) is 2.25. The van der Waals surface area contributed by atoms with E-state index in [1.807, 2.05) is 6.07 Å². The first-order valence-corrected chi connectivity index (χ1v) is 6.52. The van der Waals surface area contributed by atoms with Crippen molar-refractivity contribution >= 4 is 32.5 Å². The molecule has 0 aliphatic rings. The van der Waals surface area contributed by atoms with Crippen molar-refractivity contribution in [1.29, 1.82) is 0 Å². The van der Waals surface area contributed by atoms with Gasteiger partial charge in [0.2, 0.25) is 0 Å². The molecule has 0 amide bonds. The summed E-state index contributed by atoms with van der Waals surface area (Å²) in [6.07, 6.45) is 1.73. The van der Waals surface area contributed by atoms with Gasteiger partial charge >= 0.3 is 0 Å². The molecule has 0 bridgehead atoms. The fraction of sp³-hybridized carbons (Fsp3) is 0.250. The minimum atomic E-state index is -0.475. The maximum Gasteiger partial charge on any atom is 0.292 e. The van der Waals surface area contributed by atoms with Crippen molar-refractivity contribution in [3.8, 4) is 0 Å². The van der Waals surface area contributed by atoms with E-state index < -0.39 is 11.0 Å². The van der Waals surface area contributed by atoms with Gasteiger partial charge < -0.3 is 11.5 Å². The third-order valence-corrected chi connectivity index (χ3v) is 3.39. The van der Waals surface area contributed by atoms with Crippen molar-refractivity contribution in [1.82, 2.24) is 4.98 Å². The summed E-state index contributed by atoms with van der Waals surface area (Å²) >= 11 is 3.35. The highest BCUT2D eigenvalue weighted by atomic mass is 79.9. The molecule has 0 saturated heterocycles. The largest absolute Gasteiger partial charge is 0.330 e. The highest BCUT2D eigenvalue weighted by Crippen LogP contribution is 2.32. The summed E-state index contributed by atoms with van der Waals surface area (Å²) in [5.41, 5.74) is 12.6. The van der Waals surface area contributed by atoms with Crippen LogP contribution in [0, 0.1) is 10.1 Å². The van der Waals surface area contributed by atoms with Crippen LogP contribution < -0.4 is 11.5 Å². The molecule has 0 spiro atoms. The Morgan fingerprint density at radius 1 is 1.47 bits per heavy atom. The van der Waals surface area contributed by atoms with E-state index in [9.17, 15) is 10.1 Å². The number of aromatic nitrogens is 1. The summed E-state index contributed by atoms with van der Waals surface area (Å²) in [6, 6.07) is 4.92. The summed E-state index contributed by atoms with van der Waals surface area (Å²) in [7, 11) is 0. The van der Waals surface area contributed by atoms with E-state index in [-0.39, 0.29) is 5.69 Å². The van der Waals surface area contributed by atoms with Crippen LogP contribution in [0.15, 0.2) is 28.9 Å². The molecule has 1 unspecified atom stereocenters. The zero-order chi connectivity index (χ0) is 14.0. The Morgan fingerprint density at radius 2 is 2.21 bits per heavy atom. The SMILES string of the molecule is NCCC(N)c1c([N+](=O)[O-])cnc2cc(Br)ccc12. The van der Waals surface area contributed by atoms with Crippen LogP contribution in [0.3, 0.4) is 0 Å². The molecule has 100 valence electrons. The molecule has 6 nitrogen and oxygen atoms in total. The Bertz CT molecular complexity index is 632. The van der Waals surface area contributed by atoms with E-state index in [1.54, 1.807) is 12.1 Å². The van der Waals surface area contributed by atoms with E-state index in [2.05, 4.69) is 20.9 Å². The van der Waals surface area contributed by atoms with Gasteiger partial charge in [-0.15, -0.1) is 0 Å². The topological polar surface area (TPSA) is 108 Å². The molecular weight excluding hydrogens is 312 g/mol. The molecule has 1 heterocycles. The molecule has 1 aromatic heterocycles. The van der Waals surface area contributed by atoms with Gasteiger partial charge in [-0.2, -0.15) is 0 Å². The number of hydrogen-bond donors (Lipinski definition) is 2. The Kier molecular flexibility index (Phi) is 4.08. The molecule has 2 aromatic rings. The van der Waals surface area contributed by atoms with Crippen LogP contribution >= 0.6 is 15.9 Å². The van der Waals surface area contributed by atoms with Crippen LogP contribution in [-0.4, -0.2) is 16.5 Å². The number of benzene rings is 1. The Hall–Kier alpha value is -1.57. The number of halogens is 1. The first-order chi connectivity index (χ1) is 9.04. The first kappa shape index (κ1) is 13.9. The molecule has 0 aliphatic carbocycles. The van der Waals surface area contributed by atoms with Gasteiger partial charge in [0.1, 0.15) is 6.20 Å². The maximum absolute atomic E-state index is 11.1. The zero-order valence-corrected chi connectivity index (χ0v) is 11.6. The van der Waals surface area contributed by atoms with E-state index in [4.69, 9.17) is 11.5 Å². The number of rotatable bonds is 4. The maximum atomic E-state index is 11.1. The second-order valence-corrected chi connectivity index (χ2v) is 5.08. The number of pyridine rings is 1. The number of hydrogen-bond acceptors (Lipinski definition) is 5. The predicted molar refractivity (Wildman–Crippen MR) is 76.7 cm³/mol. The van der Waals surface area contributed by atoms with Gasteiger partial charge in [0.15, 0.2) is 0 Å². The van der Waals surface area contributed by atoms with Crippen LogP contribution in [-0.2, 0) is 0 Å². The highest BCUT2D eigenvalue weighted by Gasteiger charge is 2.22. The standard InChI is InChI=1S/C12H13BrN4O2/c13-7-1-2-8-10(5-7)16-6-11(17(18)19)12(8)9(15)3-4-14/h1-2,5-6,9H,3-4,14-15H2. The van der Waals surface area contributed by atoms with Crippen molar-refractivity contribution < 1.29 is 4.92 Å². The van der Waals surface area contributed by atoms with Gasteiger partial charge in [0, 0.05) is 15.9 Å². The van der Waals surface area contributed by atoms with Gasteiger partial charge in [-0.1, -0.05) is 22.0 Å². The van der Waals surface area contributed by atoms with Gasteiger partial charge in [0.25, 0.3) is 5.69 Å². The zero-order valence-electron chi connectivity index (χ0n) is 10.0. The molecule has 4 N–H and O–H groups in total. The van der Waals surface area contributed by atoms with Crippen molar-refractivity contribution in [2.45, 2.75) is 12.5 Å². The van der Waals surface area contributed by atoms with Crippen LogP contribution in [0.5, 0.6) is 0 Å². The molecule has 7 heteroatoms. The number of nitro groups is 1. The summed E-state index contributed by atoms with van der Waals surface area (Å²) in [5, 5.41) is 11.8. The average Bonchev–Trinajstić information content (AvgIpc) is 2.37. The lowest BCUT2D eigenvalue weighted by Crippen LogP contribution is -2.17. The Morgan fingerprint density at radius 3 is 2.84 bits per heavy atom. The molecule has 0 radical (unpaired) electrons. The summed E-state index contributed by atoms with van der Waals surface area (Å²) in [6.45, 7) is 0.374. The third-order valence-electron chi connectivity index (χ3n) is 2.90. The van der Waals surface area contributed by atoms with Crippen molar-refractivity contribution in [3.05, 3.63) is 44.5 Å². The van der Waals surface area contributed by atoms with E-state index in [1.165, 1.54) is 6.20 Å². The Labute approximate surface area is 118 Å². The van der Waals surface area contributed by atoms with Crippen molar-refractivity contribution in [2.75, 3.05) is 6.54 Å². The van der Waals surface area contributed by atoms with Gasteiger partial charge in [-0.05, 0) is 25.1 Å². The molecule has 2 rings (SSSR count). The van der Waals surface area contributed by atoms with Crippen LogP contribution in [0.4, 0.5) is 5.69 Å². The molecular formula is C12H13BrN4O2. The minimum Gasteiger partial charge on any atom is -0.330 e. The summed E-state index contributed by atoms with van der Waals surface area (Å²) < 4.78 is 0.861. The minimum absolute atomic E-state index is 0.0595. The van der Waals surface area contributed by atoms with Crippen molar-refractivity contribution in [2.24, 2.45) is 11.5 Å². The third kappa shape index (κ3) is 2.73. The molecule has 0 fully saturated rings. The number of nitrogens with zero attached hydrogens (tertiary/aromatic N) is 2. The fourth-order valence-corrected chi connectivity index (χ4v) is 2.39. The lowest BCUT2D eigenvalue weighted by Gasteiger charge is -2.13. The van der Waals surface area contributed by atoms with Crippen LogP contribution in [0.25, 0.3) is 10.9 Å². The van der Waals surface area contributed by atoms with Crippen molar-refractivity contribution in [3.63, 3.8) is 0 Å². The highest BCUT2D eigenvalue weighted by molar-refractivity contribution is 9.10. The quantitative estimate of drug-likeness (QED) is 0.662. The molecule has 19 heavy (non-hydrogen) atoms. The van der Waals surface area contributed by atoms with Gasteiger partial charge in [-0.3, -0.25) is 10.1 Å². The second kappa shape index (κ2) is 5.60. The monoisotopic (exact) mass is 324 g/mol. The van der Waals surface area contributed by atoms with E-state index in [0.29, 0.717) is 29.4 Å². The van der Waals surface area contributed by atoms with E-state index >= 15 is 0 Å². The summed E-state index contributed by atoms with van der Waals surface area (Å²) in [5.74, 6) is 0. The molecule has 1 atom stereocenters. The average molecular weight is 325 g/mol. The first-order valence-electron chi connectivity index (χ1n) is 5.72. The normalized spacial score (nSPS) is 12.6. The molecule has 0 saturated carbocycles. The molecule has 0 aliphatic heterocycles. The number of fused-ring (bicyclic) bond motifs is 1. The van der Waals surface area contributed by atoms with Gasteiger partial charge in [0.05, 0.1) is 16.0 Å². The van der Waals surface area contributed by atoms with E-state index in [0.717, 1.165) is 4.47 Å². The Balaban J connectivity index is 2.72. The summed E-state index contributed by atoms with van der Waals surface area (Å²) in [4.78, 5) is 14.8. The van der Waals surface area contributed by atoms with Crippen LogP contribution in [0.2, 0.25) is 0 Å².